The molecule has 108 valence electrons. The van der Waals surface area contributed by atoms with E-state index < -0.39 is 0 Å². The van der Waals surface area contributed by atoms with Crippen molar-refractivity contribution in [3.63, 3.8) is 0 Å². The van der Waals surface area contributed by atoms with Crippen LogP contribution in [0.25, 0.3) is 11.0 Å². The lowest BCUT2D eigenvalue weighted by molar-refractivity contribution is 0.0738. The van der Waals surface area contributed by atoms with Crippen molar-refractivity contribution in [2.45, 2.75) is 53.0 Å². The first-order valence-corrected chi connectivity index (χ1v) is 7.48. The van der Waals surface area contributed by atoms with Gasteiger partial charge >= 0.3 is 0 Å². The molecule has 2 aromatic rings. The van der Waals surface area contributed by atoms with Gasteiger partial charge < -0.3 is 10.3 Å². The molecule has 0 unspecified atom stereocenters. The number of fused-ring (bicyclic) bond motifs is 1. The first kappa shape index (κ1) is 13.5. The van der Waals surface area contributed by atoms with Crippen LogP contribution in [0.2, 0.25) is 0 Å². The monoisotopic (exact) mass is 271 g/mol. The normalized spacial score (nSPS) is 22.2. The zero-order valence-electron chi connectivity index (χ0n) is 13.0. The van der Waals surface area contributed by atoms with E-state index in [1.165, 1.54) is 24.8 Å². The third-order valence-electron chi connectivity index (χ3n) is 4.53. The SMILES string of the molecule is CC1(C)CC(n2cnc3cc(N)ccc32)CC(C)(C)C1. The Morgan fingerprint density at radius 3 is 2.45 bits per heavy atom. The van der Waals surface area contributed by atoms with Crippen molar-refractivity contribution in [1.29, 1.82) is 0 Å². The standard InChI is InChI=1S/C17H25N3/c1-16(2)8-13(9-17(3,4)10-16)20-11-19-14-7-12(18)5-6-15(14)20/h5-7,11,13H,8-10,18H2,1-4H3. The maximum absolute atomic E-state index is 5.85. The van der Waals surface area contributed by atoms with E-state index in [1.807, 2.05) is 18.5 Å². The first-order valence-electron chi connectivity index (χ1n) is 7.48. The van der Waals surface area contributed by atoms with Gasteiger partial charge in [-0.05, 0) is 48.3 Å². The molecule has 0 amide bonds. The van der Waals surface area contributed by atoms with Crippen molar-refractivity contribution in [3.8, 4) is 0 Å². The molecular weight excluding hydrogens is 246 g/mol. The van der Waals surface area contributed by atoms with E-state index in [2.05, 4.69) is 43.3 Å². The van der Waals surface area contributed by atoms with Crippen LogP contribution in [0.4, 0.5) is 5.69 Å². The van der Waals surface area contributed by atoms with Crippen molar-refractivity contribution in [2.24, 2.45) is 10.8 Å². The minimum absolute atomic E-state index is 0.386. The summed E-state index contributed by atoms with van der Waals surface area (Å²) in [6.45, 7) is 9.55. The summed E-state index contributed by atoms with van der Waals surface area (Å²) in [4.78, 5) is 4.53. The summed E-state index contributed by atoms with van der Waals surface area (Å²) in [5.41, 5.74) is 9.62. The summed E-state index contributed by atoms with van der Waals surface area (Å²) in [5.74, 6) is 0. The van der Waals surface area contributed by atoms with Gasteiger partial charge in [0.15, 0.2) is 0 Å². The molecule has 0 saturated heterocycles. The topological polar surface area (TPSA) is 43.8 Å². The quantitative estimate of drug-likeness (QED) is 0.781. The van der Waals surface area contributed by atoms with Gasteiger partial charge in [0.05, 0.1) is 17.4 Å². The molecule has 2 N–H and O–H groups in total. The van der Waals surface area contributed by atoms with Crippen molar-refractivity contribution in [3.05, 3.63) is 24.5 Å². The molecule has 3 heteroatoms. The number of nitrogen functional groups attached to an aromatic ring is 1. The fourth-order valence-electron chi connectivity index (χ4n) is 4.32. The van der Waals surface area contributed by atoms with Crippen LogP contribution < -0.4 is 5.73 Å². The molecule has 1 aromatic carbocycles. The van der Waals surface area contributed by atoms with E-state index >= 15 is 0 Å². The van der Waals surface area contributed by atoms with Gasteiger partial charge in [-0.15, -0.1) is 0 Å². The molecular formula is C17H25N3. The number of anilines is 1. The van der Waals surface area contributed by atoms with E-state index in [1.54, 1.807) is 0 Å². The molecule has 0 atom stereocenters. The van der Waals surface area contributed by atoms with Crippen LogP contribution in [-0.2, 0) is 0 Å². The van der Waals surface area contributed by atoms with Gasteiger partial charge in [0.25, 0.3) is 0 Å². The summed E-state index contributed by atoms with van der Waals surface area (Å²) >= 11 is 0. The number of imidazole rings is 1. The fourth-order valence-corrected chi connectivity index (χ4v) is 4.32. The second-order valence-corrected chi connectivity index (χ2v) is 7.97. The van der Waals surface area contributed by atoms with Crippen LogP contribution in [0, 0.1) is 10.8 Å². The summed E-state index contributed by atoms with van der Waals surface area (Å²) in [5, 5.41) is 0. The molecule has 0 aliphatic heterocycles. The van der Waals surface area contributed by atoms with Crippen LogP contribution in [0.5, 0.6) is 0 Å². The lowest BCUT2D eigenvalue weighted by Crippen LogP contribution is -2.34. The lowest BCUT2D eigenvalue weighted by atomic mass is 9.63. The largest absolute Gasteiger partial charge is 0.399 e. The van der Waals surface area contributed by atoms with Crippen LogP contribution in [0.15, 0.2) is 24.5 Å². The Balaban J connectivity index is 2.02. The van der Waals surface area contributed by atoms with Gasteiger partial charge in [-0.1, -0.05) is 27.7 Å². The Morgan fingerprint density at radius 2 is 1.80 bits per heavy atom. The van der Waals surface area contributed by atoms with Crippen LogP contribution in [0.1, 0.15) is 53.0 Å². The average molecular weight is 271 g/mol. The minimum Gasteiger partial charge on any atom is -0.399 e. The number of hydrogen-bond acceptors (Lipinski definition) is 2. The Kier molecular flexibility index (Phi) is 2.86. The van der Waals surface area contributed by atoms with Crippen molar-refractivity contribution < 1.29 is 0 Å². The van der Waals surface area contributed by atoms with E-state index in [-0.39, 0.29) is 0 Å². The van der Waals surface area contributed by atoms with Crippen molar-refractivity contribution in [1.82, 2.24) is 9.55 Å². The Bertz CT molecular complexity index is 621. The predicted octanol–water partition coefficient (Wildman–Crippen LogP) is 4.40. The second kappa shape index (κ2) is 4.24. The Hall–Kier alpha value is -1.51. The molecule has 1 saturated carbocycles. The number of nitrogens with two attached hydrogens (primary N) is 1. The summed E-state index contributed by atoms with van der Waals surface area (Å²) < 4.78 is 2.36. The van der Waals surface area contributed by atoms with Gasteiger partial charge in [0.2, 0.25) is 0 Å². The predicted molar refractivity (Wildman–Crippen MR) is 84.6 cm³/mol. The summed E-state index contributed by atoms with van der Waals surface area (Å²) in [6, 6.07) is 6.57. The highest BCUT2D eigenvalue weighted by Crippen LogP contribution is 2.50. The minimum atomic E-state index is 0.386. The molecule has 3 rings (SSSR count). The first-order chi connectivity index (χ1) is 9.26. The smallest absolute Gasteiger partial charge is 0.0960 e. The maximum Gasteiger partial charge on any atom is 0.0960 e. The highest BCUT2D eigenvalue weighted by molar-refractivity contribution is 5.79. The number of hydrogen-bond donors (Lipinski definition) is 1. The van der Waals surface area contributed by atoms with Crippen LogP contribution in [-0.4, -0.2) is 9.55 Å². The Labute approximate surface area is 121 Å². The third kappa shape index (κ3) is 2.41. The van der Waals surface area contributed by atoms with E-state index in [0.29, 0.717) is 16.9 Å². The summed E-state index contributed by atoms with van der Waals surface area (Å²) in [6.07, 6.45) is 5.71. The van der Waals surface area contributed by atoms with E-state index in [4.69, 9.17) is 5.73 Å². The molecule has 1 aliphatic carbocycles. The lowest BCUT2D eigenvalue weighted by Gasteiger charge is -2.45. The molecule has 20 heavy (non-hydrogen) atoms. The number of rotatable bonds is 1. The van der Waals surface area contributed by atoms with Gasteiger partial charge in [-0.3, -0.25) is 0 Å². The van der Waals surface area contributed by atoms with Crippen molar-refractivity contribution >= 4 is 16.7 Å². The highest BCUT2D eigenvalue weighted by atomic mass is 15.1. The third-order valence-corrected chi connectivity index (χ3v) is 4.53. The van der Waals surface area contributed by atoms with E-state index in [0.717, 1.165) is 11.2 Å². The Morgan fingerprint density at radius 1 is 1.15 bits per heavy atom. The average Bonchev–Trinajstić information content (AvgIpc) is 2.67. The highest BCUT2D eigenvalue weighted by Gasteiger charge is 2.39. The molecule has 1 aliphatic rings. The number of aromatic nitrogens is 2. The maximum atomic E-state index is 5.85. The van der Waals surface area contributed by atoms with Gasteiger partial charge in [0, 0.05) is 11.7 Å². The molecule has 0 spiro atoms. The molecule has 1 heterocycles. The van der Waals surface area contributed by atoms with Crippen LogP contribution >= 0.6 is 0 Å². The zero-order valence-corrected chi connectivity index (χ0v) is 13.0. The zero-order chi connectivity index (χ0) is 14.5. The summed E-state index contributed by atoms with van der Waals surface area (Å²) in [7, 11) is 0. The fraction of sp³-hybridized carbons (Fsp3) is 0.588. The molecule has 1 fully saturated rings. The molecule has 0 radical (unpaired) electrons. The van der Waals surface area contributed by atoms with Crippen molar-refractivity contribution in [2.75, 3.05) is 5.73 Å². The number of benzene rings is 1. The van der Waals surface area contributed by atoms with Gasteiger partial charge in [-0.25, -0.2) is 4.98 Å². The van der Waals surface area contributed by atoms with Gasteiger partial charge in [0.1, 0.15) is 0 Å². The van der Waals surface area contributed by atoms with E-state index in [9.17, 15) is 0 Å². The number of nitrogens with zero attached hydrogens (tertiary/aromatic N) is 2. The second-order valence-electron chi connectivity index (χ2n) is 7.97. The van der Waals surface area contributed by atoms with Gasteiger partial charge in [-0.2, -0.15) is 0 Å². The molecule has 1 aromatic heterocycles. The molecule has 3 nitrogen and oxygen atoms in total. The molecule has 0 bridgehead atoms. The van der Waals surface area contributed by atoms with Crippen LogP contribution in [0.3, 0.4) is 0 Å².